The first kappa shape index (κ1) is 23.1. The Kier molecular flexibility index (Phi) is 6.67. The number of benzene rings is 1. The van der Waals surface area contributed by atoms with E-state index in [1.807, 2.05) is 6.92 Å². The van der Waals surface area contributed by atoms with Gasteiger partial charge in [0.15, 0.2) is 0 Å². The van der Waals surface area contributed by atoms with Crippen molar-refractivity contribution < 1.29 is 19.1 Å². The number of urea groups is 1. The molecule has 1 fully saturated rings. The molecule has 1 aliphatic heterocycles. The van der Waals surface area contributed by atoms with E-state index in [0.717, 1.165) is 5.69 Å². The first-order chi connectivity index (χ1) is 16.4. The highest BCUT2D eigenvalue weighted by Gasteiger charge is 2.23. The summed E-state index contributed by atoms with van der Waals surface area (Å²) < 4.78 is 7.01. The fourth-order valence-electron chi connectivity index (χ4n) is 3.98. The first-order valence-corrected chi connectivity index (χ1v) is 11.2. The molecule has 2 aromatic heterocycles. The topological polar surface area (TPSA) is 108 Å². The van der Waals surface area contributed by atoms with Crippen LogP contribution in [0.15, 0.2) is 42.6 Å². The number of ether oxygens (including phenoxy) is 1. The van der Waals surface area contributed by atoms with Crippen LogP contribution in [0.2, 0.25) is 0 Å². The Morgan fingerprint density at radius 3 is 2.76 bits per heavy atom. The van der Waals surface area contributed by atoms with Gasteiger partial charge in [-0.2, -0.15) is 0 Å². The number of carbonyl (C=O) groups excluding carboxylic acids is 3. The number of methoxy groups -OCH3 is 1. The van der Waals surface area contributed by atoms with Crippen molar-refractivity contribution in [3.05, 3.63) is 59.4 Å². The number of fused-ring (bicyclic) bond motifs is 1. The lowest BCUT2D eigenvalue weighted by atomic mass is 10.2. The standard InChI is InChI=1S/C24H28N6O4/c1-4-19-22(28(2)23(32)16-6-5-7-18(14-16)34-3)30-15-17(8-9-20(30)27-19)21(31)25-10-12-29-13-11-26-24(29)33/h5-9,14-15H,4,10-13H2,1-3H3,(H,25,31)(H,26,33). The van der Waals surface area contributed by atoms with Gasteiger partial charge in [0.1, 0.15) is 17.2 Å². The monoisotopic (exact) mass is 464 g/mol. The van der Waals surface area contributed by atoms with Crippen LogP contribution in [0.25, 0.3) is 5.65 Å². The number of nitrogens with one attached hydrogen (secondary N) is 2. The van der Waals surface area contributed by atoms with Gasteiger partial charge in [0.2, 0.25) is 0 Å². The molecule has 3 aromatic rings. The van der Waals surface area contributed by atoms with Crippen molar-refractivity contribution in [3.8, 4) is 5.75 Å². The molecule has 0 atom stereocenters. The molecule has 178 valence electrons. The van der Waals surface area contributed by atoms with E-state index in [1.54, 1.807) is 71.0 Å². The predicted molar refractivity (Wildman–Crippen MR) is 128 cm³/mol. The van der Waals surface area contributed by atoms with E-state index >= 15 is 0 Å². The van der Waals surface area contributed by atoms with Crippen LogP contribution in [-0.4, -0.2) is 72.5 Å². The van der Waals surface area contributed by atoms with Gasteiger partial charge in [-0.05, 0) is 36.8 Å². The Morgan fingerprint density at radius 2 is 2.06 bits per heavy atom. The van der Waals surface area contributed by atoms with Gasteiger partial charge in [-0.3, -0.25) is 18.9 Å². The van der Waals surface area contributed by atoms with Gasteiger partial charge in [-0.25, -0.2) is 9.78 Å². The second-order valence-corrected chi connectivity index (χ2v) is 7.95. The third kappa shape index (κ3) is 4.52. The number of carbonyl (C=O) groups is 3. The molecule has 4 rings (SSSR count). The summed E-state index contributed by atoms with van der Waals surface area (Å²) in [7, 11) is 3.25. The van der Waals surface area contributed by atoms with E-state index < -0.39 is 0 Å². The van der Waals surface area contributed by atoms with Crippen LogP contribution in [0, 0.1) is 0 Å². The Hall–Kier alpha value is -4.08. The highest BCUT2D eigenvalue weighted by Crippen LogP contribution is 2.25. The zero-order valence-corrected chi connectivity index (χ0v) is 19.5. The Balaban J connectivity index is 1.57. The van der Waals surface area contributed by atoms with Crippen molar-refractivity contribution in [1.29, 1.82) is 0 Å². The summed E-state index contributed by atoms with van der Waals surface area (Å²) in [6.45, 7) is 4.00. The van der Waals surface area contributed by atoms with Crippen LogP contribution < -0.4 is 20.3 Å². The zero-order valence-electron chi connectivity index (χ0n) is 19.5. The number of pyridine rings is 1. The third-order valence-electron chi connectivity index (χ3n) is 5.81. The summed E-state index contributed by atoms with van der Waals surface area (Å²) in [4.78, 5) is 45.5. The van der Waals surface area contributed by atoms with Crippen LogP contribution in [0.1, 0.15) is 33.3 Å². The van der Waals surface area contributed by atoms with Crippen molar-refractivity contribution in [2.24, 2.45) is 0 Å². The Morgan fingerprint density at radius 1 is 1.24 bits per heavy atom. The van der Waals surface area contributed by atoms with Gasteiger partial charge in [0.05, 0.1) is 18.4 Å². The highest BCUT2D eigenvalue weighted by atomic mass is 16.5. The molecule has 1 aliphatic rings. The number of amides is 4. The van der Waals surface area contributed by atoms with Gasteiger partial charge in [-0.15, -0.1) is 0 Å². The van der Waals surface area contributed by atoms with Gasteiger partial charge < -0.3 is 20.3 Å². The summed E-state index contributed by atoms with van der Waals surface area (Å²) in [6, 6.07) is 10.3. The number of rotatable bonds is 8. The molecule has 4 amide bonds. The van der Waals surface area contributed by atoms with Crippen LogP contribution in [0.3, 0.4) is 0 Å². The summed E-state index contributed by atoms with van der Waals surface area (Å²) in [5.74, 6) is 0.724. The molecule has 10 heteroatoms. The third-order valence-corrected chi connectivity index (χ3v) is 5.81. The van der Waals surface area contributed by atoms with Gasteiger partial charge in [-0.1, -0.05) is 13.0 Å². The van der Waals surface area contributed by atoms with Crippen molar-refractivity contribution >= 4 is 29.3 Å². The molecule has 1 saturated heterocycles. The average Bonchev–Trinajstić information content (AvgIpc) is 3.45. The molecule has 0 spiro atoms. The number of aryl methyl sites for hydroxylation is 1. The summed E-state index contributed by atoms with van der Waals surface area (Å²) in [5.41, 5.74) is 2.30. The van der Waals surface area contributed by atoms with Crippen molar-refractivity contribution in [2.45, 2.75) is 13.3 Å². The molecule has 1 aromatic carbocycles. The molecule has 0 saturated carbocycles. The molecule has 0 unspecified atom stereocenters. The van der Waals surface area contributed by atoms with E-state index in [1.165, 1.54) is 0 Å². The fourth-order valence-corrected chi connectivity index (χ4v) is 3.98. The van der Waals surface area contributed by atoms with Crippen LogP contribution in [0.5, 0.6) is 5.75 Å². The van der Waals surface area contributed by atoms with Crippen LogP contribution >= 0.6 is 0 Å². The first-order valence-electron chi connectivity index (χ1n) is 11.2. The maximum absolute atomic E-state index is 13.2. The van der Waals surface area contributed by atoms with Crippen LogP contribution in [-0.2, 0) is 6.42 Å². The number of hydrogen-bond donors (Lipinski definition) is 2. The van der Waals surface area contributed by atoms with Crippen molar-refractivity contribution in [1.82, 2.24) is 24.9 Å². The van der Waals surface area contributed by atoms with Crippen molar-refractivity contribution in [2.75, 3.05) is 45.2 Å². The second-order valence-electron chi connectivity index (χ2n) is 7.95. The number of aromatic nitrogens is 2. The quantitative estimate of drug-likeness (QED) is 0.530. The Labute approximate surface area is 197 Å². The van der Waals surface area contributed by atoms with Gasteiger partial charge in [0.25, 0.3) is 11.8 Å². The Bertz CT molecular complexity index is 1240. The van der Waals surface area contributed by atoms with Crippen LogP contribution in [0.4, 0.5) is 10.6 Å². The van der Waals surface area contributed by atoms with Gasteiger partial charge >= 0.3 is 6.03 Å². The molecule has 0 bridgehead atoms. The maximum Gasteiger partial charge on any atom is 0.317 e. The van der Waals surface area contributed by atoms with E-state index in [-0.39, 0.29) is 17.8 Å². The maximum atomic E-state index is 13.2. The molecular formula is C24H28N6O4. The molecular weight excluding hydrogens is 436 g/mol. The summed E-state index contributed by atoms with van der Waals surface area (Å²) >= 11 is 0. The molecule has 0 aliphatic carbocycles. The van der Waals surface area contributed by atoms with Gasteiger partial charge in [0, 0.05) is 45.0 Å². The number of anilines is 1. The highest BCUT2D eigenvalue weighted by molar-refractivity contribution is 6.06. The molecule has 2 N–H and O–H groups in total. The largest absolute Gasteiger partial charge is 0.497 e. The predicted octanol–water partition coefficient (Wildman–Crippen LogP) is 1.94. The average molecular weight is 465 g/mol. The minimum atomic E-state index is -0.263. The molecule has 0 radical (unpaired) electrons. The minimum absolute atomic E-state index is 0.116. The fraction of sp³-hybridized carbons (Fsp3) is 0.333. The number of imidazole rings is 1. The second kappa shape index (κ2) is 9.82. The van der Waals surface area contributed by atoms with E-state index in [9.17, 15) is 14.4 Å². The number of nitrogens with zero attached hydrogens (tertiary/aromatic N) is 4. The molecule has 3 heterocycles. The van der Waals surface area contributed by atoms with Crippen molar-refractivity contribution in [3.63, 3.8) is 0 Å². The molecule has 10 nitrogen and oxygen atoms in total. The normalized spacial score (nSPS) is 13.1. The van der Waals surface area contributed by atoms with E-state index in [4.69, 9.17) is 4.74 Å². The van der Waals surface area contributed by atoms with E-state index in [0.29, 0.717) is 60.9 Å². The lowest BCUT2D eigenvalue weighted by molar-refractivity contribution is 0.0949. The zero-order chi connectivity index (χ0) is 24.2. The minimum Gasteiger partial charge on any atom is -0.497 e. The lowest BCUT2D eigenvalue weighted by Gasteiger charge is -2.19. The van der Waals surface area contributed by atoms with E-state index in [2.05, 4.69) is 15.6 Å². The lowest BCUT2D eigenvalue weighted by Crippen LogP contribution is -2.36. The molecule has 34 heavy (non-hydrogen) atoms. The smallest absolute Gasteiger partial charge is 0.317 e. The SMILES string of the molecule is CCc1nc2ccc(C(=O)NCCN3CCNC3=O)cn2c1N(C)C(=O)c1cccc(OC)c1. The number of hydrogen-bond acceptors (Lipinski definition) is 5. The summed E-state index contributed by atoms with van der Waals surface area (Å²) in [5, 5.41) is 5.59. The summed E-state index contributed by atoms with van der Waals surface area (Å²) in [6.07, 6.45) is 2.30.